The largest absolute Gasteiger partial charge is 0.418 e. The molecule has 2 heterocycles. The van der Waals surface area contributed by atoms with Gasteiger partial charge in [0.25, 0.3) is 11.7 Å². The first-order valence-electron chi connectivity index (χ1n) is 9.64. The van der Waals surface area contributed by atoms with Crippen LogP contribution in [-0.2, 0) is 11.2 Å². The number of carbonyl (C=O) groups excluding carboxylic acids is 2. The monoisotopic (exact) mass is 421 g/mol. The Kier molecular flexibility index (Phi) is 4.71. The third-order valence-corrected chi connectivity index (χ3v) is 6.26. The van der Waals surface area contributed by atoms with Crippen molar-refractivity contribution in [1.29, 1.82) is 0 Å². The number of fused-ring (bicyclic) bond motifs is 1. The van der Waals surface area contributed by atoms with E-state index in [0.717, 1.165) is 29.7 Å². The van der Waals surface area contributed by atoms with E-state index in [1.165, 1.54) is 6.07 Å². The fraction of sp³-hybridized carbons (Fsp3) is 0.227. The molecular formula is C22H16FN3O3S. The van der Waals surface area contributed by atoms with Gasteiger partial charge in [-0.3, -0.25) is 9.59 Å². The summed E-state index contributed by atoms with van der Waals surface area (Å²) in [5.41, 5.74) is 1.73. The van der Waals surface area contributed by atoms with E-state index in [-0.39, 0.29) is 34.0 Å². The number of thiazole rings is 1. The maximum atomic E-state index is 14.6. The predicted molar refractivity (Wildman–Crippen MR) is 109 cm³/mol. The average Bonchev–Trinajstić information content (AvgIpc) is 3.49. The Morgan fingerprint density at radius 1 is 1.17 bits per heavy atom. The third-order valence-electron chi connectivity index (χ3n) is 5.26. The minimum Gasteiger partial charge on any atom is -0.418 e. The third kappa shape index (κ3) is 3.43. The van der Waals surface area contributed by atoms with Crippen molar-refractivity contribution in [2.24, 2.45) is 5.92 Å². The standard InChI is InChI=1S/C22H16FN3O3S/c23-15-9-14(12-5-2-1-3-6-12)10-17-19(15)24-22(30-17)20(28)21-26-25-18(29-21)11-13-7-4-8-16(13)27/h1-3,5-6,9-10,13H,4,7-8,11H2/t13-/m1/s1. The summed E-state index contributed by atoms with van der Waals surface area (Å²) in [4.78, 5) is 28.7. The van der Waals surface area contributed by atoms with Crippen molar-refractivity contribution in [2.75, 3.05) is 0 Å². The summed E-state index contributed by atoms with van der Waals surface area (Å²) >= 11 is 1.08. The Morgan fingerprint density at radius 3 is 2.77 bits per heavy atom. The van der Waals surface area contributed by atoms with Crippen LogP contribution in [0, 0.1) is 11.7 Å². The molecule has 30 heavy (non-hydrogen) atoms. The van der Waals surface area contributed by atoms with Gasteiger partial charge in [-0.1, -0.05) is 30.3 Å². The Hall–Kier alpha value is -3.26. The molecule has 1 saturated carbocycles. The van der Waals surface area contributed by atoms with Crippen molar-refractivity contribution in [2.45, 2.75) is 25.7 Å². The Morgan fingerprint density at radius 2 is 2.00 bits per heavy atom. The SMILES string of the molecule is O=C(c1nnc(C[C@H]2CCCC2=O)o1)c1nc2c(F)cc(-c3ccccc3)cc2s1. The molecule has 0 aliphatic heterocycles. The van der Waals surface area contributed by atoms with Gasteiger partial charge in [-0.2, -0.15) is 0 Å². The summed E-state index contributed by atoms with van der Waals surface area (Å²) in [5, 5.41) is 7.80. The van der Waals surface area contributed by atoms with Crippen LogP contribution in [-0.4, -0.2) is 26.7 Å². The van der Waals surface area contributed by atoms with Gasteiger partial charge >= 0.3 is 0 Å². The van der Waals surface area contributed by atoms with Gasteiger partial charge in [0.15, 0.2) is 10.8 Å². The molecule has 0 N–H and O–H groups in total. The summed E-state index contributed by atoms with van der Waals surface area (Å²) in [6.07, 6.45) is 2.58. The first-order valence-corrected chi connectivity index (χ1v) is 10.5. The van der Waals surface area contributed by atoms with Crippen LogP contribution < -0.4 is 0 Å². The van der Waals surface area contributed by atoms with Gasteiger partial charge in [0.2, 0.25) is 5.89 Å². The van der Waals surface area contributed by atoms with Gasteiger partial charge in [-0.25, -0.2) is 9.37 Å². The molecule has 0 bridgehead atoms. The average molecular weight is 421 g/mol. The van der Waals surface area contributed by atoms with E-state index in [9.17, 15) is 14.0 Å². The maximum Gasteiger partial charge on any atom is 0.291 e. The van der Waals surface area contributed by atoms with E-state index in [1.807, 2.05) is 36.4 Å². The van der Waals surface area contributed by atoms with Gasteiger partial charge in [-0.05, 0) is 36.1 Å². The fourth-order valence-corrected chi connectivity index (χ4v) is 4.67. The first-order chi connectivity index (χ1) is 14.6. The number of Topliss-reactive ketones (excluding diaryl/α,β-unsaturated/α-hetero) is 1. The zero-order valence-corrected chi connectivity index (χ0v) is 16.6. The highest BCUT2D eigenvalue weighted by Gasteiger charge is 2.28. The summed E-state index contributed by atoms with van der Waals surface area (Å²) < 4.78 is 20.7. The minimum atomic E-state index is -0.548. The number of halogens is 1. The fourth-order valence-electron chi connectivity index (χ4n) is 3.72. The quantitative estimate of drug-likeness (QED) is 0.437. The van der Waals surface area contributed by atoms with Crippen LogP contribution >= 0.6 is 11.3 Å². The zero-order chi connectivity index (χ0) is 20.7. The van der Waals surface area contributed by atoms with Crippen LogP contribution in [0.5, 0.6) is 0 Å². The zero-order valence-electron chi connectivity index (χ0n) is 15.8. The van der Waals surface area contributed by atoms with Gasteiger partial charge in [-0.15, -0.1) is 21.5 Å². The Bertz CT molecular complexity index is 1270. The van der Waals surface area contributed by atoms with Crippen molar-refractivity contribution in [3.8, 4) is 11.1 Å². The lowest BCUT2D eigenvalue weighted by Gasteiger charge is -2.02. The topological polar surface area (TPSA) is 86.0 Å². The van der Waals surface area contributed by atoms with Crippen molar-refractivity contribution < 1.29 is 18.4 Å². The van der Waals surface area contributed by atoms with Crippen LogP contribution in [0.4, 0.5) is 4.39 Å². The second-order valence-corrected chi connectivity index (χ2v) is 8.31. The van der Waals surface area contributed by atoms with Crippen molar-refractivity contribution in [1.82, 2.24) is 15.2 Å². The molecule has 1 atom stereocenters. The van der Waals surface area contributed by atoms with Gasteiger partial charge in [0.05, 0.1) is 4.70 Å². The van der Waals surface area contributed by atoms with Crippen LogP contribution in [0.1, 0.15) is 40.8 Å². The molecule has 1 aliphatic rings. The molecule has 0 saturated heterocycles. The molecule has 2 aromatic carbocycles. The molecule has 0 spiro atoms. The van der Waals surface area contributed by atoms with E-state index in [0.29, 0.717) is 23.1 Å². The molecule has 0 unspecified atom stereocenters. The number of benzene rings is 2. The van der Waals surface area contributed by atoms with Crippen molar-refractivity contribution in [3.05, 3.63) is 65.1 Å². The van der Waals surface area contributed by atoms with Crippen LogP contribution in [0.15, 0.2) is 46.9 Å². The summed E-state index contributed by atoms with van der Waals surface area (Å²) in [5.74, 6) is -0.908. The molecule has 5 rings (SSSR count). The second kappa shape index (κ2) is 7.53. The maximum absolute atomic E-state index is 14.6. The highest BCUT2D eigenvalue weighted by molar-refractivity contribution is 7.20. The number of hydrogen-bond acceptors (Lipinski definition) is 7. The number of aromatic nitrogens is 3. The molecule has 150 valence electrons. The molecular weight excluding hydrogens is 405 g/mol. The number of carbonyl (C=O) groups is 2. The lowest BCUT2D eigenvalue weighted by atomic mass is 10.0. The molecule has 1 aliphatic carbocycles. The predicted octanol–water partition coefficient (Wildman–Crippen LogP) is 4.63. The van der Waals surface area contributed by atoms with Gasteiger partial charge in [0, 0.05) is 18.8 Å². The molecule has 1 fully saturated rings. The summed E-state index contributed by atoms with van der Waals surface area (Å²) in [6.45, 7) is 0. The van der Waals surface area contributed by atoms with E-state index in [4.69, 9.17) is 4.42 Å². The molecule has 0 radical (unpaired) electrons. The van der Waals surface area contributed by atoms with E-state index in [2.05, 4.69) is 15.2 Å². The van der Waals surface area contributed by atoms with Crippen LogP contribution in [0.3, 0.4) is 0 Å². The number of hydrogen-bond donors (Lipinski definition) is 0. The first kappa shape index (κ1) is 18.7. The highest BCUT2D eigenvalue weighted by Crippen LogP contribution is 2.31. The highest BCUT2D eigenvalue weighted by atomic mass is 32.1. The van der Waals surface area contributed by atoms with Crippen molar-refractivity contribution in [3.63, 3.8) is 0 Å². The summed E-state index contributed by atoms with van der Waals surface area (Å²) in [6, 6.07) is 12.7. The van der Waals surface area contributed by atoms with Crippen LogP contribution in [0.25, 0.3) is 21.3 Å². The van der Waals surface area contributed by atoms with Crippen molar-refractivity contribution >= 4 is 33.1 Å². The van der Waals surface area contributed by atoms with Gasteiger partial charge in [0.1, 0.15) is 11.3 Å². The van der Waals surface area contributed by atoms with E-state index >= 15 is 0 Å². The molecule has 4 aromatic rings. The lowest BCUT2D eigenvalue weighted by Crippen LogP contribution is -2.09. The normalized spacial score (nSPS) is 16.4. The molecule has 0 amide bonds. The second-order valence-electron chi connectivity index (χ2n) is 7.28. The molecule has 2 aromatic heterocycles. The molecule has 6 nitrogen and oxygen atoms in total. The van der Waals surface area contributed by atoms with Crippen LogP contribution in [0.2, 0.25) is 0 Å². The smallest absolute Gasteiger partial charge is 0.291 e. The number of nitrogens with zero attached hydrogens (tertiary/aromatic N) is 3. The lowest BCUT2D eigenvalue weighted by molar-refractivity contribution is -0.120. The molecule has 8 heteroatoms. The summed E-state index contributed by atoms with van der Waals surface area (Å²) in [7, 11) is 0. The minimum absolute atomic E-state index is 0.0845. The Labute approximate surface area is 174 Å². The number of rotatable bonds is 5. The Balaban J connectivity index is 1.43. The van der Waals surface area contributed by atoms with E-state index < -0.39 is 11.6 Å². The number of ketones is 2. The van der Waals surface area contributed by atoms with E-state index in [1.54, 1.807) is 0 Å². The van der Waals surface area contributed by atoms with Gasteiger partial charge < -0.3 is 4.42 Å².